The average Bonchev–Trinajstić information content (AvgIpc) is 2.87. The maximum atomic E-state index is 4.44. The summed E-state index contributed by atoms with van der Waals surface area (Å²) in [6.07, 6.45) is 7.89. The van der Waals surface area contributed by atoms with Crippen LogP contribution in [0.15, 0.2) is 18.5 Å². The zero-order chi connectivity index (χ0) is 13.5. The first-order chi connectivity index (χ1) is 9.02. The zero-order valence-electron chi connectivity index (χ0n) is 12.0. The molecule has 0 aromatic carbocycles. The molecule has 4 heteroatoms. The highest BCUT2D eigenvalue weighted by molar-refractivity contribution is 5.38. The van der Waals surface area contributed by atoms with E-state index >= 15 is 0 Å². The van der Waals surface area contributed by atoms with Gasteiger partial charge in [0.2, 0.25) is 0 Å². The van der Waals surface area contributed by atoms with Gasteiger partial charge in [-0.1, -0.05) is 13.8 Å². The Kier molecular flexibility index (Phi) is 3.05. The van der Waals surface area contributed by atoms with Crippen molar-refractivity contribution in [3.05, 3.63) is 29.7 Å². The van der Waals surface area contributed by atoms with Gasteiger partial charge >= 0.3 is 0 Å². The first-order valence-corrected chi connectivity index (χ1v) is 7.06. The van der Waals surface area contributed by atoms with Crippen LogP contribution >= 0.6 is 0 Å². The topological polar surface area (TPSA) is 42.2 Å². The highest BCUT2D eigenvalue weighted by atomic mass is 15.2. The van der Waals surface area contributed by atoms with Gasteiger partial charge in [-0.3, -0.25) is 0 Å². The lowest BCUT2D eigenvalue weighted by Gasteiger charge is -2.17. The largest absolute Gasteiger partial charge is 0.310 e. The Labute approximate surface area is 114 Å². The molecule has 1 aliphatic carbocycles. The van der Waals surface area contributed by atoms with Crippen molar-refractivity contribution in [2.24, 2.45) is 5.41 Å². The quantitative estimate of drug-likeness (QED) is 0.920. The fourth-order valence-electron chi connectivity index (χ4n) is 3.00. The maximum absolute atomic E-state index is 4.44. The van der Waals surface area contributed by atoms with Crippen molar-refractivity contribution in [2.75, 3.05) is 0 Å². The Morgan fingerprint density at radius 3 is 3.05 bits per heavy atom. The molecule has 2 heterocycles. The van der Waals surface area contributed by atoms with Crippen LogP contribution in [0.3, 0.4) is 0 Å². The van der Waals surface area contributed by atoms with Crippen LogP contribution in [0.25, 0.3) is 5.65 Å². The summed E-state index contributed by atoms with van der Waals surface area (Å²) in [6.45, 7) is 7.58. The highest BCUT2D eigenvalue weighted by Gasteiger charge is 2.30. The van der Waals surface area contributed by atoms with E-state index in [4.69, 9.17) is 0 Å². The predicted octanol–water partition coefficient (Wildman–Crippen LogP) is 2.71. The molecule has 0 bridgehead atoms. The molecule has 1 fully saturated rings. The summed E-state index contributed by atoms with van der Waals surface area (Å²) in [5, 5.41) is 8.05. The third-order valence-corrected chi connectivity index (χ3v) is 4.05. The summed E-state index contributed by atoms with van der Waals surface area (Å²) in [6, 6.07) is 2.64. The van der Waals surface area contributed by atoms with E-state index in [1.54, 1.807) is 0 Å². The van der Waals surface area contributed by atoms with E-state index in [2.05, 4.69) is 35.4 Å². The van der Waals surface area contributed by atoms with E-state index in [-0.39, 0.29) is 0 Å². The molecule has 1 N–H and O–H groups in total. The van der Waals surface area contributed by atoms with Crippen LogP contribution < -0.4 is 5.32 Å². The molecule has 19 heavy (non-hydrogen) atoms. The van der Waals surface area contributed by atoms with E-state index < -0.39 is 0 Å². The first-order valence-electron chi connectivity index (χ1n) is 7.06. The van der Waals surface area contributed by atoms with Gasteiger partial charge in [-0.25, -0.2) is 9.50 Å². The third-order valence-electron chi connectivity index (χ3n) is 4.05. The molecule has 4 nitrogen and oxygen atoms in total. The number of fused-ring (bicyclic) bond motifs is 1. The Morgan fingerprint density at radius 2 is 2.32 bits per heavy atom. The SMILES string of the molecule is Cc1cc2ncc(CNC3CCC(C)(C)C3)cn2n1. The second kappa shape index (κ2) is 4.60. The van der Waals surface area contributed by atoms with E-state index in [0.717, 1.165) is 17.9 Å². The number of hydrogen-bond acceptors (Lipinski definition) is 3. The molecule has 102 valence electrons. The van der Waals surface area contributed by atoms with Gasteiger partial charge in [0, 0.05) is 36.6 Å². The van der Waals surface area contributed by atoms with Crippen molar-refractivity contribution in [3.63, 3.8) is 0 Å². The molecule has 0 saturated heterocycles. The summed E-state index contributed by atoms with van der Waals surface area (Å²) in [4.78, 5) is 4.44. The Hall–Kier alpha value is -1.42. The van der Waals surface area contributed by atoms with Crippen molar-refractivity contribution in [3.8, 4) is 0 Å². The Bertz CT molecular complexity index is 585. The zero-order valence-corrected chi connectivity index (χ0v) is 12.0. The van der Waals surface area contributed by atoms with Gasteiger partial charge in [-0.15, -0.1) is 0 Å². The molecule has 2 aromatic rings. The van der Waals surface area contributed by atoms with Crippen LogP contribution in [0.2, 0.25) is 0 Å². The molecule has 1 unspecified atom stereocenters. The molecule has 0 aliphatic heterocycles. The maximum Gasteiger partial charge on any atom is 0.155 e. The van der Waals surface area contributed by atoms with Crippen molar-refractivity contribution < 1.29 is 0 Å². The standard InChI is InChI=1S/C15H22N4/c1-11-6-14-17-9-12(10-19(14)18-11)8-16-13-4-5-15(2,3)7-13/h6,9-10,13,16H,4-5,7-8H2,1-3H3. The number of hydrogen-bond donors (Lipinski definition) is 1. The van der Waals surface area contributed by atoms with Gasteiger partial charge in [0.05, 0.1) is 5.69 Å². The lowest BCUT2D eigenvalue weighted by atomic mass is 9.92. The van der Waals surface area contributed by atoms with Crippen molar-refractivity contribution in [1.82, 2.24) is 19.9 Å². The number of aromatic nitrogens is 3. The number of nitrogens with zero attached hydrogens (tertiary/aromatic N) is 3. The molecule has 1 aliphatic rings. The minimum atomic E-state index is 0.499. The first kappa shape index (κ1) is 12.6. The van der Waals surface area contributed by atoms with Gasteiger partial charge in [-0.05, 0) is 31.6 Å². The normalized spacial score (nSPS) is 22.2. The van der Waals surface area contributed by atoms with Crippen molar-refractivity contribution >= 4 is 5.65 Å². The molecular weight excluding hydrogens is 236 g/mol. The Morgan fingerprint density at radius 1 is 1.47 bits per heavy atom. The molecule has 1 saturated carbocycles. The van der Waals surface area contributed by atoms with Gasteiger partial charge in [0.15, 0.2) is 5.65 Å². The predicted molar refractivity (Wildman–Crippen MR) is 76.0 cm³/mol. The molecule has 0 spiro atoms. The molecule has 0 radical (unpaired) electrons. The van der Waals surface area contributed by atoms with Crippen molar-refractivity contribution in [2.45, 2.75) is 52.6 Å². The lowest BCUT2D eigenvalue weighted by molar-refractivity contribution is 0.364. The van der Waals surface area contributed by atoms with Crippen LogP contribution in [0, 0.1) is 12.3 Å². The molecule has 3 rings (SSSR count). The summed E-state index contributed by atoms with van der Waals surface area (Å²) in [5.41, 5.74) is 3.62. The number of aryl methyl sites for hydroxylation is 1. The molecule has 0 amide bonds. The molecule has 2 aromatic heterocycles. The highest BCUT2D eigenvalue weighted by Crippen LogP contribution is 2.36. The fraction of sp³-hybridized carbons (Fsp3) is 0.600. The minimum absolute atomic E-state index is 0.499. The van der Waals surface area contributed by atoms with Crippen LogP contribution in [-0.2, 0) is 6.54 Å². The summed E-state index contributed by atoms with van der Waals surface area (Å²) >= 11 is 0. The monoisotopic (exact) mass is 258 g/mol. The third kappa shape index (κ3) is 2.78. The van der Waals surface area contributed by atoms with E-state index in [1.807, 2.05) is 23.7 Å². The smallest absolute Gasteiger partial charge is 0.155 e. The Balaban J connectivity index is 1.65. The van der Waals surface area contributed by atoms with Crippen LogP contribution in [0.1, 0.15) is 44.4 Å². The van der Waals surface area contributed by atoms with Crippen LogP contribution in [-0.4, -0.2) is 20.6 Å². The molecular formula is C15H22N4. The van der Waals surface area contributed by atoms with Crippen molar-refractivity contribution in [1.29, 1.82) is 0 Å². The average molecular weight is 258 g/mol. The number of rotatable bonds is 3. The summed E-state index contributed by atoms with van der Waals surface area (Å²) in [7, 11) is 0. The van der Waals surface area contributed by atoms with Crippen LogP contribution in [0.4, 0.5) is 0 Å². The number of nitrogens with one attached hydrogen (secondary N) is 1. The minimum Gasteiger partial charge on any atom is -0.310 e. The summed E-state index contributed by atoms with van der Waals surface area (Å²) < 4.78 is 1.87. The van der Waals surface area contributed by atoms with E-state index in [1.165, 1.54) is 24.8 Å². The van der Waals surface area contributed by atoms with Gasteiger partial charge in [0.25, 0.3) is 0 Å². The summed E-state index contributed by atoms with van der Waals surface area (Å²) in [5.74, 6) is 0. The van der Waals surface area contributed by atoms with Crippen LogP contribution in [0.5, 0.6) is 0 Å². The van der Waals surface area contributed by atoms with E-state index in [9.17, 15) is 0 Å². The van der Waals surface area contributed by atoms with Gasteiger partial charge < -0.3 is 5.32 Å². The molecule has 1 atom stereocenters. The fourth-order valence-corrected chi connectivity index (χ4v) is 3.00. The second-order valence-electron chi connectivity index (χ2n) is 6.54. The van der Waals surface area contributed by atoms with Gasteiger partial charge in [0.1, 0.15) is 0 Å². The van der Waals surface area contributed by atoms with Gasteiger partial charge in [-0.2, -0.15) is 5.10 Å². The van der Waals surface area contributed by atoms with E-state index in [0.29, 0.717) is 11.5 Å². The second-order valence-corrected chi connectivity index (χ2v) is 6.54. The lowest BCUT2D eigenvalue weighted by Crippen LogP contribution is -2.27.